The maximum atomic E-state index is 5.87. The van der Waals surface area contributed by atoms with Crippen molar-refractivity contribution in [2.75, 3.05) is 17.6 Å². The Morgan fingerprint density at radius 2 is 1.95 bits per heavy atom. The Hall–Kier alpha value is -1.23. The highest BCUT2D eigenvalue weighted by Gasteiger charge is 1.98. The van der Waals surface area contributed by atoms with Gasteiger partial charge in [0, 0.05) is 28.8 Å². The zero-order chi connectivity index (χ0) is 15.8. The first-order valence-electron chi connectivity index (χ1n) is 7.07. The van der Waals surface area contributed by atoms with Crippen LogP contribution >= 0.6 is 35.6 Å². The molecule has 2 N–H and O–H groups in total. The number of aryl methyl sites for hydroxylation is 1. The predicted octanol–water partition coefficient (Wildman–Crippen LogP) is 4.87. The number of nitrogens with one attached hydrogen (secondary N) is 2. The fourth-order valence-electron chi connectivity index (χ4n) is 1.91. The van der Waals surface area contributed by atoms with E-state index in [4.69, 9.17) is 23.8 Å². The summed E-state index contributed by atoms with van der Waals surface area (Å²) in [7, 11) is 0. The van der Waals surface area contributed by atoms with Crippen LogP contribution in [0.3, 0.4) is 0 Å². The van der Waals surface area contributed by atoms with E-state index in [2.05, 4.69) is 41.8 Å². The van der Waals surface area contributed by atoms with E-state index in [0.29, 0.717) is 5.11 Å². The van der Waals surface area contributed by atoms with Crippen LogP contribution in [0.25, 0.3) is 0 Å². The first-order valence-corrected chi connectivity index (χ1v) is 9.01. The lowest BCUT2D eigenvalue weighted by Crippen LogP contribution is -2.30. The second-order valence-corrected chi connectivity index (χ2v) is 6.88. The minimum atomic E-state index is 0.665. The molecule has 2 aromatic carbocycles. The number of rotatable bonds is 6. The van der Waals surface area contributed by atoms with Gasteiger partial charge in [0.25, 0.3) is 0 Å². The van der Waals surface area contributed by atoms with Gasteiger partial charge in [-0.25, -0.2) is 0 Å². The molecule has 0 spiro atoms. The molecule has 0 aliphatic carbocycles. The van der Waals surface area contributed by atoms with Crippen molar-refractivity contribution in [2.24, 2.45) is 0 Å². The maximum absolute atomic E-state index is 5.87. The number of hydrogen-bond acceptors (Lipinski definition) is 2. The Labute approximate surface area is 146 Å². The molecule has 0 aliphatic heterocycles. The Bertz CT molecular complexity index is 614. The van der Waals surface area contributed by atoms with Crippen molar-refractivity contribution in [3.63, 3.8) is 0 Å². The number of thiocarbonyl (C=S) groups is 1. The van der Waals surface area contributed by atoms with Crippen molar-refractivity contribution in [1.29, 1.82) is 0 Å². The molecule has 0 atom stereocenters. The van der Waals surface area contributed by atoms with Crippen molar-refractivity contribution >= 4 is 46.4 Å². The molecule has 22 heavy (non-hydrogen) atoms. The molecule has 0 amide bonds. The summed E-state index contributed by atoms with van der Waals surface area (Å²) in [6, 6.07) is 16.1. The van der Waals surface area contributed by atoms with Crippen molar-refractivity contribution in [1.82, 2.24) is 5.32 Å². The van der Waals surface area contributed by atoms with E-state index in [1.54, 1.807) is 0 Å². The average molecular weight is 351 g/mol. The minimum Gasteiger partial charge on any atom is -0.362 e. The van der Waals surface area contributed by atoms with Gasteiger partial charge in [0.15, 0.2) is 5.11 Å². The summed E-state index contributed by atoms with van der Waals surface area (Å²) >= 11 is 13.0. The van der Waals surface area contributed by atoms with Gasteiger partial charge in [-0.3, -0.25) is 0 Å². The number of halogens is 1. The molecule has 0 radical (unpaired) electrons. The van der Waals surface area contributed by atoms with E-state index >= 15 is 0 Å². The zero-order valence-electron chi connectivity index (χ0n) is 12.4. The third-order valence-corrected chi connectivity index (χ3v) is 4.52. The summed E-state index contributed by atoms with van der Waals surface area (Å²) in [5.74, 6) is 1.98. The molecular formula is C17H19ClN2S2. The lowest BCUT2D eigenvalue weighted by Gasteiger charge is -2.10. The number of anilines is 1. The number of hydrogen-bond donors (Lipinski definition) is 2. The molecule has 2 nitrogen and oxygen atoms in total. The maximum Gasteiger partial charge on any atom is 0.170 e. The standard InChI is InChI=1S/C17H19ClN2S2/c1-13-3-2-4-16(11-13)20-17(21)19-9-10-22-12-14-5-7-15(18)8-6-14/h2-8,11H,9-10,12H2,1H3,(H2,19,20,21). The van der Waals surface area contributed by atoms with Crippen molar-refractivity contribution in [3.8, 4) is 0 Å². The van der Waals surface area contributed by atoms with Crippen LogP contribution in [-0.2, 0) is 5.75 Å². The van der Waals surface area contributed by atoms with E-state index < -0.39 is 0 Å². The van der Waals surface area contributed by atoms with Gasteiger partial charge in [-0.2, -0.15) is 11.8 Å². The molecule has 0 fully saturated rings. The molecule has 0 aromatic heterocycles. The molecule has 2 rings (SSSR count). The van der Waals surface area contributed by atoms with Crippen molar-refractivity contribution in [2.45, 2.75) is 12.7 Å². The molecule has 116 valence electrons. The SMILES string of the molecule is Cc1cccc(NC(=S)NCCSCc2ccc(Cl)cc2)c1. The van der Waals surface area contributed by atoms with Crippen LogP contribution in [-0.4, -0.2) is 17.4 Å². The van der Waals surface area contributed by atoms with E-state index in [1.165, 1.54) is 11.1 Å². The first kappa shape index (κ1) is 17.1. The summed E-state index contributed by atoms with van der Waals surface area (Å²) in [5.41, 5.74) is 3.52. The van der Waals surface area contributed by atoms with Crippen LogP contribution in [0.2, 0.25) is 5.02 Å². The summed E-state index contributed by atoms with van der Waals surface area (Å²) < 4.78 is 0. The van der Waals surface area contributed by atoms with E-state index in [1.807, 2.05) is 36.0 Å². The highest BCUT2D eigenvalue weighted by atomic mass is 35.5. The van der Waals surface area contributed by atoms with Crippen LogP contribution in [0.4, 0.5) is 5.69 Å². The minimum absolute atomic E-state index is 0.665. The van der Waals surface area contributed by atoms with E-state index in [0.717, 1.165) is 28.8 Å². The zero-order valence-corrected chi connectivity index (χ0v) is 14.8. The molecule has 0 unspecified atom stereocenters. The van der Waals surface area contributed by atoms with Gasteiger partial charge in [0.05, 0.1) is 0 Å². The fourth-order valence-corrected chi connectivity index (χ4v) is 3.07. The number of thioether (sulfide) groups is 1. The van der Waals surface area contributed by atoms with Crippen LogP contribution in [0, 0.1) is 6.92 Å². The van der Waals surface area contributed by atoms with Gasteiger partial charge in [-0.1, -0.05) is 35.9 Å². The second-order valence-electron chi connectivity index (χ2n) is 4.93. The third-order valence-electron chi connectivity index (χ3n) is 2.99. The topological polar surface area (TPSA) is 24.1 Å². The Morgan fingerprint density at radius 1 is 1.18 bits per heavy atom. The largest absolute Gasteiger partial charge is 0.362 e. The average Bonchev–Trinajstić information content (AvgIpc) is 2.49. The van der Waals surface area contributed by atoms with Crippen LogP contribution in [0.5, 0.6) is 0 Å². The molecule has 0 saturated heterocycles. The van der Waals surface area contributed by atoms with Gasteiger partial charge >= 0.3 is 0 Å². The Morgan fingerprint density at radius 3 is 2.68 bits per heavy atom. The normalized spacial score (nSPS) is 10.3. The molecule has 0 bridgehead atoms. The second kappa shape index (κ2) is 9.03. The van der Waals surface area contributed by atoms with Crippen LogP contribution in [0.1, 0.15) is 11.1 Å². The van der Waals surface area contributed by atoms with Gasteiger partial charge in [0.1, 0.15) is 0 Å². The van der Waals surface area contributed by atoms with Gasteiger partial charge in [-0.05, 0) is 54.5 Å². The van der Waals surface area contributed by atoms with Gasteiger partial charge in [0.2, 0.25) is 0 Å². The van der Waals surface area contributed by atoms with Crippen molar-refractivity contribution < 1.29 is 0 Å². The quantitative estimate of drug-likeness (QED) is 0.573. The summed E-state index contributed by atoms with van der Waals surface area (Å²) in [6.45, 7) is 2.91. The fraction of sp³-hybridized carbons (Fsp3) is 0.235. The van der Waals surface area contributed by atoms with Crippen molar-refractivity contribution in [3.05, 3.63) is 64.7 Å². The lowest BCUT2D eigenvalue weighted by molar-refractivity contribution is 0.990. The molecular weight excluding hydrogens is 332 g/mol. The van der Waals surface area contributed by atoms with Gasteiger partial charge < -0.3 is 10.6 Å². The molecule has 2 aromatic rings. The molecule has 5 heteroatoms. The van der Waals surface area contributed by atoms with E-state index in [-0.39, 0.29) is 0 Å². The summed E-state index contributed by atoms with van der Waals surface area (Å²) in [4.78, 5) is 0. The summed E-state index contributed by atoms with van der Waals surface area (Å²) in [6.07, 6.45) is 0. The number of benzene rings is 2. The van der Waals surface area contributed by atoms with Crippen LogP contribution < -0.4 is 10.6 Å². The van der Waals surface area contributed by atoms with Gasteiger partial charge in [-0.15, -0.1) is 0 Å². The smallest absolute Gasteiger partial charge is 0.170 e. The first-order chi connectivity index (χ1) is 10.6. The van der Waals surface area contributed by atoms with E-state index in [9.17, 15) is 0 Å². The Kier molecular flexibility index (Phi) is 7.03. The molecule has 0 aliphatic rings. The van der Waals surface area contributed by atoms with Crippen LogP contribution in [0.15, 0.2) is 48.5 Å². The lowest BCUT2D eigenvalue weighted by atomic mass is 10.2. The predicted molar refractivity (Wildman–Crippen MR) is 103 cm³/mol. The highest BCUT2D eigenvalue weighted by Crippen LogP contribution is 2.15. The third kappa shape index (κ3) is 6.26. The Balaban J connectivity index is 1.62. The highest BCUT2D eigenvalue weighted by molar-refractivity contribution is 7.98. The summed E-state index contributed by atoms with van der Waals surface area (Å²) in [5, 5.41) is 7.86. The molecule has 0 saturated carbocycles. The molecule has 0 heterocycles. The monoisotopic (exact) mass is 350 g/mol.